The fourth-order valence-corrected chi connectivity index (χ4v) is 2.65. The lowest BCUT2D eigenvalue weighted by molar-refractivity contribution is -0.140. The van der Waals surface area contributed by atoms with Crippen LogP contribution in [0.2, 0.25) is 0 Å². The van der Waals surface area contributed by atoms with Crippen LogP contribution in [0.5, 0.6) is 0 Å². The largest absolute Gasteiger partial charge is 0.511 e. The highest BCUT2D eigenvalue weighted by atomic mass is 79.9. The molecule has 1 aromatic carbocycles. The van der Waals surface area contributed by atoms with E-state index in [1.165, 1.54) is 7.11 Å². The fraction of sp³-hybridized carbons (Fsp3) is 0.353. The number of carbonyl (C=O) groups is 2. The molecule has 23 heavy (non-hydrogen) atoms. The average molecular weight is 380 g/mol. The van der Waals surface area contributed by atoms with Crippen LogP contribution in [0.25, 0.3) is 0 Å². The fourth-order valence-electron chi connectivity index (χ4n) is 2.39. The van der Waals surface area contributed by atoms with Gasteiger partial charge >= 0.3 is 5.97 Å². The molecule has 0 heterocycles. The van der Waals surface area contributed by atoms with Crippen molar-refractivity contribution >= 4 is 39.1 Å². The Kier molecular flexibility index (Phi) is 6.10. The van der Waals surface area contributed by atoms with Crippen LogP contribution in [0.1, 0.15) is 32.1 Å². The molecule has 1 aliphatic carbocycles. The smallest absolute Gasteiger partial charge is 0.305 e. The number of carbonyl (C=O) groups excluding carboxylic acids is 2. The van der Waals surface area contributed by atoms with E-state index in [9.17, 15) is 14.7 Å². The van der Waals surface area contributed by atoms with Crippen molar-refractivity contribution in [2.45, 2.75) is 32.1 Å². The summed E-state index contributed by atoms with van der Waals surface area (Å²) in [6, 6.07) is 7.40. The molecule has 0 bridgehead atoms. The van der Waals surface area contributed by atoms with Gasteiger partial charge in [0, 0.05) is 17.3 Å². The van der Waals surface area contributed by atoms with E-state index in [0.29, 0.717) is 25.0 Å². The highest BCUT2D eigenvalue weighted by molar-refractivity contribution is 9.10. The molecule has 0 spiro atoms. The zero-order chi connectivity index (χ0) is 16.8. The van der Waals surface area contributed by atoms with Gasteiger partial charge in [-0.05, 0) is 37.1 Å². The molecule has 1 N–H and O–H groups in total. The summed E-state index contributed by atoms with van der Waals surface area (Å²) >= 11 is 3.36. The molecule has 5 nitrogen and oxygen atoms in total. The van der Waals surface area contributed by atoms with Gasteiger partial charge in [0.05, 0.1) is 30.5 Å². The first kappa shape index (κ1) is 17.4. The van der Waals surface area contributed by atoms with Gasteiger partial charge in [0.25, 0.3) is 0 Å². The summed E-state index contributed by atoms with van der Waals surface area (Å²) in [5.41, 5.74) is 1.55. The number of aliphatic imine (C=N–C) groups is 1. The van der Waals surface area contributed by atoms with Crippen molar-refractivity contribution in [2.75, 3.05) is 7.11 Å². The first-order chi connectivity index (χ1) is 11.0. The van der Waals surface area contributed by atoms with E-state index in [1.54, 1.807) is 0 Å². The minimum absolute atomic E-state index is 0.0324. The van der Waals surface area contributed by atoms with Crippen LogP contribution in [0.4, 0.5) is 5.69 Å². The van der Waals surface area contributed by atoms with Crippen LogP contribution >= 0.6 is 15.9 Å². The Morgan fingerprint density at radius 3 is 2.61 bits per heavy atom. The molecule has 0 amide bonds. The first-order valence-electron chi connectivity index (χ1n) is 7.37. The molecule has 6 heteroatoms. The predicted molar refractivity (Wildman–Crippen MR) is 91.0 cm³/mol. The van der Waals surface area contributed by atoms with Crippen LogP contribution in [0.3, 0.4) is 0 Å². The van der Waals surface area contributed by atoms with E-state index < -0.39 is 5.97 Å². The van der Waals surface area contributed by atoms with Crippen LogP contribution < -0.4 is 0 Å². The molecule has 122 valence electrons. The number of benzene rings is 1. The number of hydrogen-bond donors (Lipinski definition) is 1. The summed E-state index contributed by atoms with van der Waals surface area (Å²) in [6.45, 7) is 0. The summed E-state index contributed by atoms with van der Waals surface area (Å²) in [6.07, 6.45) is 1.83. The van der Waals surface area contributed by atoms with E-state index in [-0.39, 0.29) is 30.0 Å². The Hall–Kier alpha value is -1.95. The highest BCUT2D eigenvalue weighted by Crippen LogP contribution is 2.26. The number of ketones is 1. The number of nitrogens with zero attached hydrogens (tertiary/aromatic N) is 1. The van der Waals surface area contributed by atoms with Gasteiger partial charge in [0.1, 0.15) is 5.76 Å². The van der Waals surface area contributed by atoms with Crippen molar-refractivity contribution in [1.82, 2.24) is 0 Å². The van der Waals surface area contributed by atoms with E-state index >= 15 is 0 Å². The molecule has 0 unspecified atom stereocenters. The number of allylic oxidation sites excluding steroid dienone is 2. The third kappa shape index (κ3) is 4.76. The number of aliphatic hydroxyl groups excluding tert-OH is 1. The van der Waals surface area contributed by atoms with Gasteiger partial charge in [0.15, 0.2) is 5.78 Å². The monoisotopic (exact) mass is 379 g/mol. The summed E-state index contributed by atoms with van der Waals surface area (Å²) in [5, 5.41) is 10.2. The van der Waals surface area contributed by atoms with Crippen LogP contribution in [0, 0.1) is 0 Å². The molecule has 0 aromatic heterocycles. The zero-order valence-electron chi connectivity index (χ0n) is 12.8. The van der Waals surface area contributed by atoms with Gasteiger partial charge in [-0.1, -0.05) is 15.9 Å². The van der Waals surface area contributed by atoms with E-state index in [4.69, 9.17) is 0 Å². The lowest BCUT2D eigenvalue weighted by Gasteiger charge is -2.17. The third-order valence-corrected chi connectivity index (χ3v) is 4.09. The Morgan fingerprint density at radius 2 is 1.96 bits per heavy atom. The van der Waals surface area contributed by atoms with Crippen molar-refractivity contribution in [3.63, 3.8) is 0 Å². The van der Waals surface area contributed by atoms with E-state index in [2.05, 4.69) is 25.7 Å². The maximum atomic E-state index is 12.2. The Balaban J connectivity index is 2.29. The van der Waals surface area contributed by atoms with Crippen LogP contribution in [-0.4, -0.2) is 29.7 Å². The second-order valence-corrected chi connectivity index (χ2v) is 6.13. The number of rotatable bonds is 4. The van der Waals surface area contributed by atoms with Crippen molar-refractivity contribution in [2.24, 2.45) is 4.99 Å². The first-order valence-corrected chi connectivity index (χ1v) is 8.16. The van der Waals surface area contributed by atoms with Crippen LogP contribution in [0.15, 0.2) is 45.1 Å². The second kappa shape index (κ2) is 8.06. The van der Waals surface area contributed by atoms with Gasteiger partial charge in [-0.3, -0.25) is 14.6 Å². The van der Waals surface area contributed by atoms with Crippen molar-refractivity contribution in [3.05, 3.63) is 40.1 Å². The van der Waals surface area contributed by atoms with Crippen molar-refractivity contribution in [3.8, 4) is 0 Å². The summed E-state index contributed by atoms with van der Waals surface area (Å²) in [7, 11) is 1.29. The predicted octanol–water partition coefficient (Wildman–Crippen LogP) is 4.04. The van der Waals surface area contributed by atoms with Crippen molar-refractivity contribution < 1.29 is 19.4 Å². The minimum atomic E-state index is -0.424. The summed E-state index contributed by atoms with van der Waals surface area (Å²) < 4.78 is 5.50. The molecule has 1 fully saturated rings. The number of aliphatic hydroxyl groups is 1. The standard InChI is InChI=1S/C17H18BrNO4/c1-23-16(22)10-9-15(21)17-13(3-2-4-14(17)20)19-12-7-5-11(18)6-8-12/h5-8,21H,2-4,9-10H2,1H3/b17-15+,19-13?. The topological polar surface area (TPSA) is 76.0 Å². The maximum absolute atomic E-state index is 12.2. The van der Waals surface area contributed by atoms with E-state index in [1.807, 2.05) is 24.3 Å². The summed E-state index contributed by atoms with van der Waals surface area (Å²) in [4.78, 5) is 27.9. The third-order valence-electron chi connectivity index (χ3n) is 3.56. The maximum Gasteiger partial charge on any atom is 0.305 e. The number of hydrogen-bond acceptors (Lipinski definition) is 5. The quantitative estimate of drug-likeness (QED) is 0.486. The molecule has 1 aliphatic rings. The van der Waals surface area contributed by atoms with Gasteiger partial charge in [0.2, 0.25) is 0 Å². The average Bonchev–Trinajstić information content (AvgIpc) is 2.54. The normalized spacial score (nSPS) is 18.9. The van der Waals surface area contributed by atoms with Gasteiger partial charge < -0.3 is 9.84 Å². The lowest BCUT2D eigenvalue weighted by atomic mass is 9.89. The highest BCUT2D eigenvalue weighted by Gasteiger charge is 2.25. The van der Waals surface area contributed by atoms with Crippen molar-refractivity contribution in [1.29, 1.82) is 0 Å². The Bertz CT molecular complexity index is 662. The number of methoxy groups -OCH3 is 1. The molecule has 0 saturated heterocycles. The molecule has 0 atom stereocenters. The molecule has 0 aliphatic heterocycles. The molecule has 0 radical (unpaired) electrons. The Labute approximate surface area is 143 Å². The lowest BCUT2D eigenvalue weighted by Crippen LogP contribution is -2.21. The number of Topliss-reactive ketones (excluding diaryl/α,β-unsaturated/α-hetero) is 1. The zero-order valence-corrected chi connectivity index (χ0v) is 14.4. The van der Waals surface area contributed by atoms with Gasteiger partial charge in [-0.25, -0.2) is 0 Å². The number of ether oxygens (including phenoxy) is 1. The summed E-state index contributed by atoms with van der Waals surface area (Å²) in [5.74, 6) is -0.641. The van der Waals surface area contributed by atoms with Crippen LogP contribution in [-0.2, 0) is 14.3 Å². The van der Waals surface area contributed by atoms with Gasteiger partial charge in [-0.2, -0.15) is 0 Å². The van der Waals surface area contributed by atoms with E-state index in [0.717, 1.165) is 10.2 Å². The second-order valence-electron chi connectivity index (χ2n) is 5.21. The molecule has 1 saturated carbocycles. The molecular formula is C17H18BrNO4. The molecular weight excluding hydrogens is 362 g/mol. The Morgan fingerprint density at radius 1 is 1.26 bits per heavy atom. The van der Waals surface area contributed by atoms with Gasteiger partial charge in [-0.15, -0.1) is 0 Å². The minimum Gasteiger partial charge on any atom is -0.511 e. The number of esters is 1. The molecule has 2 rings (SSSR count). The molecule has 1 aromatic rings. The SMILES string of the molecule is COC(=O)CC/C(O)=C1\C(=O)CCCC1=Nc1ccc(Br)cc1. The number of halogens is 1.